The molecule has 0 unspecified atom stereocenters. The molecule has 1 aliphatic heterocycles. The highest BCUT2D eigenvalue weighted by Gasteiger charge is 2.36. The molecule has 9 heteroatoms. The minimum absolute atomic E-state index is 0.0276. The molecule has 0 bridgehead atoms. The van der Waals surface area contributed by atoms with Crippen LogP contribution in [-0.4, -0.2) is 30.4 Å². The van der Waals surface area contributed by atoms with E-state index in [4.69, 9.17) is 9.47 Å². The molecular weight excluding hydrogens is 450 g/mol. The van der Waals surface area contributed by atoms with Crippen molar-refractivity contribution in [2.45, 2.75) is 20.3 Å². The molecule has 0 spiro atoms. The maximum Gasteiger partial charge on any atom is 0.273 e. The summed E-state index contributed by atoms with van der Waals surface area (Å²) in [5, 5.41) is 13.9. The summed E-state index contributed by atoms with van der Waals surface area (Å²) in [6, 6.07) is 16.9. The fourth-order valence-electron chi connectivity index (χ4n) is 3.93. The molecule has 0 radical (unpaired) electrons. The number of carbonyl (C=O) groups is 2. The first kappa shape index (κ1) is 23.7. The Labute approximate surface area is 202 Å². The molecule has 0 aromatic heterocycles. The van der Waals surface area contributed by atoms with E-state index in [2.05, 4.69) is 5.32 Å². The molecule has 1 atom stereocenters. The number of methoxy groups -OCH3 is 1. The number of anilines is 2. The summed E-state index contributed by atoms with van der Waals surface area (Å²) in [6.07, 6.45) is 0.0276. The van der Waals surface area contributed by atoms with Gasteiger partial charge in [0.15, 0.2) is 0 Å². The van der Waals surface area contributed by atoms with Crippen molar-refractivity contribution in [3.8, 4) is 17.2 Å². The van der Waals surface area contributed by atoms with Crippen LogP contribution in [0.4, 0.5) is 17.1 Å². The van der Waals surface area contributed by atoms with E-state index in [1.54, 1.807) is 24.3 Å². The lowest BCUT2D eigenvalue weighted by Gasteiger charge is -2.19. The fourth-order valence-corrected chi connectivity index (χ4v) is 3.93. The Bertz CT molecular complexity index is 1290. The minimum Gasteiger partial charge on any atom is -0.494 e. The van der Waals surface area contributed by atoms with Gasteiger partial charge in [-0.15, -0.1) is 0 Å². The van der Waals surface area contributed by atoms with Crippen molar-refractivity contribution in [3.05, 3.63) is 81.9 Å². The van der Waals surface area contributed by atoms with Gasteiger partial charge in [0.25, 0.3) is 5.69 Å². The minimum atomic E-state index is -0.576. The predicted molar refractivity (Wildman–Crippen MR) is 131 cm³/mol. The van der Waals surface area contributed by atoms with Gasteiger partial charge in [-0.05, 0) is 61.4 Å². The van der Waals surface area contributed by atoms with E-state index in [0.717, 1.165) is 16.9 Å². The first-order chi connectivity index (χ1) is 16.8. The number of benzene rings is 3. The summed E-state index contributed by atoms with van der Waals surface area (Å²) in [5.41, 5.74) is 3.04. The smallest absolute Gasteiger partial charge is 0.273 e. The third kappa shape index (κ3) is 5.08. The van der Waals surface area contributed by atoms with Gasteiger partial charge in [-0.2, -0.15) is 0 Å². The van der Waals surface area contributed by atoms with E-state index < -0.39 is 10.8 Å². The Hall–Kier alpha value is -4.40. The fraction of sp³-hybridized carbons (Fsp3) is 0.231. The van der Waals surface area contributed by atoms with Crippen molar-refractivity contribution in [2.24, 2.45) is 5.92 Å². The van der Waals surface area contributed by atoms with E-state index >= 15 is 0 Å². The lowest BCUT2D eigenvalue weighted by Crippen LogP contribution is -2.28. The summed E-state index contributed by atoms with van der Waals surface area (Å²) in [7, 11) is 1.38. The summed E-state index contributed by atoms with van der Waals surface area (Å²) in [4.78, 5) is 37.4. The number of aryl methyl sites for hydroxylation is 1. The molecule has 1 saturated heterocycles. The van der Waals surface area contributed by atoms with Crippen molar-refractivity contribution in [3.63, 3.8) is 0 Å². The summed E-state index contributed by atoms with van der Waals surface area (Å²) >= 11 is 0. The van der Waals surface area contributed by atoms with Crippen LogP contribution in [0, 0.1) is 29.9 Å². The van der Waals surface area contributed by atoms with Gasteiger partial charge in [0.2, 0.25) is 11.8 Å². The topological polar surface area (TPSA) is 111 Å². The number of nitrogens with zero attached hydrogens (tertiary/aromatic N) is 2. The molecule has 1 heterocycles. The van der Waals surface area contributed by atoms with Crippen LogP contribution in [0.2, 0.25) is 0 Å². The number of nitro benzene ring substituents is 1. The van der Waals surface area contributed by atoms with Crippen LogP contribution in [0.1, 0.15) is 17.5 Å². The summed E-state index contributed by atoms with van der Waals surface area (Å²) < 4.78 is 11.2. The number of hydrogen-bond donors (Lipinski definition) is 1. The Morgan fingerprint density at radius 2 is 1.83 bits per heavy atom. The van der Waals surface area contributed by atoms with Crippen LogP contribution in [0.15, 0.2) is 60.7 Å². The van der Waals surface area contributed by atoms with Gasteiger partial charge >= 0.3 is 0 Å². The van der Waals surface area contributed by atoms with E-state index in [1.165, 1.54) is 30.2 Å². The lowest BCUT2D eigenvalue weighted by molar-refractivity contribution is -0.384. The third-order valence-electron chi connectivity index (χ3n) is 6.07. The molecule has 3 aromatic rings. The Kier molecular flexibility index (Phi) is 6.68. The van der Waals surface area contributed by atoms with Gasteiger partial charge in [-0.3, -0.25) is 19.7 Å². The van der Waals surface area contributed by atoms with Crippen LogP contribution in [0.25, 0.3) is 0 Å². The first-order valence-corrected chi connectivity index (χ1v) is 11.0. The SMILES string of the molecule is COc1cc([N+](=O)[O-])ccc1N1C[C@@H](C(=O)Nc2ccc(Oc3cccc(C)c3C)cc2)CC1=O. The number of carbonyl (C=O) groups excluding carboxylic acids is 2. The number of non-ortho nitro benzene ring substituents is 1. The van der Waals surface area contributed by atoms with E-state index in [0.29, 0.717) is 17.1 Å². The zero-order valence-corrected chi connectivity index (χ0v) is 19.6. The van der Waals surface area contributed by atoms with Crippen LogP contribution in [0.3, 0.4) is 0 Å². The molecule has 180 valence electrons. The zero-order valence-electron chi connectivity index (χ0n) is 19.6. The Morgan fingerprint density at radius 3 is 2.51 bits per heavy atom. The van der Waals surface area contributed by atoms with Gasteiger partial charge in [0.05, 0.1) is 29.7 Å². The monoisotopic (exact) mass is 475 g/mol. The molecular formula is C26H25N3O6. The molecule has 3 aromatic carbocycles. The normalized spacial score (nSPS) is 15.1. The number of nitro groups is 1. The Morgan fingerprint density at radius 1 is 1.09 bits per heavy atom. The van der Waals surface area contributed by atoms with Crippen molar-refractivity contribution >= 4 is 28.9 Å². The average Bonchev–Trinajstić information content (AvgIpc) is 3.24. The average molecular weight is 476 g/mol. The zero-order chi connectivity index (χ0) is 25.1. The van der Waals surface area contributed by atoms with Crippen molar-refractivity contribution < 1.29 is 24.0 Å². The molecule has 0 saturated carbocycles. The maximum absolute atomic E-state index is 12.9. The molecule has 0 aliphatic carbocycles. The number of amides is 2. The summed E-state index contributed by atoms with van der Waals surface area (Å²) in [5.74, 6) is 0.498. The highest BCUT2D eigenvalue weighted by molar-refractivity contribution is 6.04. The highest BCUT2D eigenvalue weighted by Crippen LogP contribution is 2.36. The number of nitrogens with one attached hydrogen (secondary N) is 1. The molecule has 1 N–H and O–H groups in total. The van der Waals surface area contributed by atoms with Gasteiger partial charge in [0.1, 0.15) is 17.2 Å². The van der Waals surface area contributed by atoms with Crippen molar-refractivity contribution in [1.82, 2.24) is 0 Å². The summed E-state index contributed by atoms with van der Waals surface area (Å²) in [6.45, 7) is 4.16. The molecule has 4 rings (SSSR count). The van der Waals surface area contributed by atoms with Gasteiger partial charge < -0.3 is 19.7 Å². The van der Waals surface area contributed by atoms with Crippen LogP contribution in [0.5, 0.6) is 17.2 Å². The van der Waals surface area contributed by atoms with Crippen LogP contribution < -0.4 is 19.7 Å². The van der Waals surface area contributed by atoms with Gasteiger partial charge in [-0.1, -0.05) is 12.1 Å². The van der Waals surface area contributed by atoms with Crippen molar-refractivity contribution in [2.75, 3.05) is 23.9 Å². The molecule has 1 aliphatic rings. The second-order valence-corrected chi connectivity index (χ2v) is 8.33. The van der Waals surface area contributed by atoms with Crippen molar-refractivity contribution in [1.29, 1.82) is 0 Å². The largest absolute Gasteiger partial charge is 0.494 e. The molecule has 35 heavy (non-hydrogen) atoms. The standard InChI is InChI=1S/C26H25N3O6/c1-16-5-4-6-23(17(16)2)35-21-10-7-19(8-11-21)27-26(31)18-13-25(30)28(15-18)22-12-9-20(29(32)33)14-24(22)34-3/h4-12,14,18H,13,15H2,1-3H3,(H,27,31)/t18-/m0/s1. The molecule has 9 nitrogen and oxygen atoms in total. The Balaban J connectivity index is 1.41. The van der Waals surface area contributed by atoms with Crippen LogP contribution >= 0.6 is 0 Å². The quantitative estimate of drug-likeness (QED) is 0.380. The van der Waals surface area contributed by atoms with E-state index in [-0.39, 0.29) is 36.2 Å². The number of ether oxygens (including phenoxy) is 2. The second kappa shape index (κ2) is 9.84. The van der Waals surface area contributed by atoms with Gasteiger partial charge in [0, 0.05) is 24.7 Å². The van der Waals surface area contributed by atoms with Crippen LogP contribution in [-0.2, 0) is 9.59 Å². The number of hydrogen-bond acceptors (Lipinski definition) is 6. The first-order valence-electron chi connectivity index (χ1n) is 11.0. The highest BCUT2D eigenvalue weighted by atomic mass is 16.6. The predicted octanol–water partition coefficient (Wildman–Crippen LogP) is 5.00. The van der Waals surface area contributed by atoms with E-state index in [1.807, 2.05) is 32.0 Å². The van der Waals surface area contributed by atoms with E-state index in [9.17, 15) is 19.7 Å². The number of rotatable bonds is 7. The maximum atomic E-state index is 12.9. The van der Waals surface area contributed by atoms with Gasteiger partial charge in [-0.25, -0.2) is 0 Å². The third-order valence-corrected chi connectivity index (χ3v) is 6.07. The molecule has 2 amide bonds. The lowest BCUT2D eigenvalue weighted by atomic mass is 10.1. The second-order valence-electron chi connectivity index (χ2n) is 8.33. The molecule has 1 fully saturated rings.